The molecule has 0 aliphatic carbocycles. The second kappa shape index (κ2) is 15.9. The van der Waals surface area contributed by atoms with E-state index < -0.39 is 5.82 Å². The predicted molar refractivity (Wildman–Crippen MR) is 164 cm³/mol. The molecule has 3 heterocycles. The number of aliphatic hydroxyl groups is 1. The first kappa shape index (κ1) is 31.0. The van der Waals surface area contributed by atoms with Gasteiger partial charge < -0.3 is 20.2 Å². The third-order valence-electron chi connectivity index (χ3n) is 7.24. The molecule has 1 aromatic carbocycles. The van der Waals surface area contributed by atoms with E-state index in [1.165, 1.54) is 5.56 Å². The van der Waals surface area contributed by atoms with Crippen LogP contribution in [-0.4, -0.2) is 115 Å². The molecule has 2 saturated heterocycles. The first-order valence-corrected chi connectivity index (χ1v) is 14.2. The first-order valence-electron chi connectivity index (χ1n) is 14.2. The summed E-state index contributed by atoms with van der Waals surface area (Å²) in [5, 5.41) is 12.4. The number of carbonyl (C=O) groups excluding carboxylic acids is 1. The number of nitrogens with one attached hydrogen (secondary N) is 3. The number of rotatable bonds is 13. The van der Waals surface area contributed by atoms with Gasteiger partial charge in [-0.1, -0.05) is 18.2 Å². The van der Waals surface area contributed by atoms with E-state index in [0.717, 1.165) is 44.6 Å². The zero-order chi connectivity index (χ0) is 29.7. The van der Waals surface area contributed by atoms with Gasteiger partial charge >= 0.3 is 0 Å². The molecule has 0 atom stereocenters. The van der Waals surface area contributed by atoms with Gasteiger partial charge in [-0.05, 0) is 37.5 Å². The van der Waals surface area contributed by atoms with Crippen LogP contribution in [-0.2, 0) is 11.3 Å². The fourth-order valence-electron chi connectivity index (χ4n) is 4.76. The number of aliphatic imine (C=N–C) groups is 1. The molecule has 1 aromatic heterocycles. The van der Waals surface area contributed by atoms with E-state index in [-0.39, 0.29) is 30.7 Å². The SMILES string of the molecule is C=N/C=C\C(=C/CC(=O)NNc1ncc(F)c(N2CCN(CCO)CC2)n1)Nc1ccc(CN2CCN(C)CC2)cc1. The summed E-state index contributed by atoms with van der Waals surface area (Å²) in [4.78, 5) is 33.3. The van der Waals surface area contributed by atoms with Gasteiger partial charge in [-0.25, -0.2) is 9.37 Å². The molecular formula is C29H41FN10O2. The van der Waals surface area contributed by atoms with E-state index in [9.17, 15) is 9.18 Å². The smallest absolute Gasteiger partial charge is 0.243 e. The first-order chi connectivity index (χ1) is 20.4. The molecule has 2 aliphatic heterocycles. The summed E-state index contributed by atoms with van der Waals surface area (Å²) in [7, 11) is 2.15. The molecule has 0 bridgehead atoms. The zero-order valence-electron chi connectivity index (χ0n) is 24.2. The van der Waals surface area contributed by atoms with E-state index >= 15 is 0 Å². The number of piperazine rings is 2. The highest BCUT2D eigenvalue weighted by molar-refractivity contribution is 5.78. The largest absolute Gasteiger partial charge is 0.395 e. The molecule has 13 heteroatoms. The van der Waals surface area contributed by atoms with Crippen LogP contribution in [0.15, 0.2) is 59.5 Å². The summed E-state index contributed by atoms with van der Waals surface area (Å²) in [6.07, 6.45) is 6.16. The van der Waals surface area contributed by atoms with Crippen molar-refractivity contribution in [2.24, 2.45) is 4.99 Å². The Balaban J connectivity index is 1.28. The standard InChI is InChI=1S/C29H41FN10O2/c1-31-10-9-25(33-24-5-3-23(4-6-24)22-39-13-11-37(2)12-14-39)7-8-27(42)35-36-29-32-21-26(30)28(34-29)40-17-15-38(16-18-40)19-20-41/h3-7,9-10,21,33,41H,1,8,11-20,22H2,2H3,(H,35,42)(H,32,34,36)/b10-9-,25-7+. The number of amides is 1. The number of β-amino-alcohol motifs (C(OH)–C–C–N with tert-alkyl or cyclic N) is 1. The van der Waals surface area contributed by atoms with Crippen LogP contribution in [0.4, 0.5) is 21.8 Å². The number of hydrazine groups is 1. The highest BCUT2D eigenvalue weighted by Gasteiger charge is 2.21. The lowest BCUT2D eigenvalue weighted by molar-refractivity contribution is -0.119. The van der Waals surface area contributed by atoms with Crippen molar-refractivity contribution < 1.29 is 14.3 Å². The number of nitrogens with zero attached hydrogens (tertiary/aromatic N) is 7. The number of hydrogen-bond acceptors (Lipinski definition) is 11. The van der Waals surface area contributed by atoms with Crippen LogP contribution >= 0.6 is 0 Å². The van der Waals surface area contributed by atoms with Gasteiger partial charge in [0, 0.05) is 89.5 Å². The molecule has 4 N–H and O–H groups in total. The summed E-state index contributed by atoms with van der Waals surface area (Å²) >= 11 is 0. The van der Waals surface area contributed by atoms with Crippen LogP contribution in [0.1, 0.15) is 12.0 Å². The maximum absolute atomic E-state index is 14.5. The number of allylic oxidation sites excluding steroid dienone is 1. The molecule has 226 valence electrons. The molecule has 4 rings (SSSR count). The van der Waals surface area contributed by atoms with Crippen LogP contribution in [0.3, 0.4) is 0 Å². The number of anilines is 3. The molecule has 0 radical (unpaired) electrons. The minimum atomic E-state index is -0.531. The van der Waals surface area contributed by atoms with Crippen molar-refractivity contribution in [3.63, 3.8) is 0 Å². The van der Waals surface area contributed by atoms with Gasteiger partial charge in [0.2, 0.25) is 11.9 Å². The number of likely N-dealkylation sites (N-methyl/N-ethyl adjacent to an activating group) is 1. The van der Waals surface area contributed by atoms with Gasteiger partial charge in [-0.3, -0.25) is 30.4 Å². The van der Waals surface area contributed by atoms with E-state index in [2.05, 4.69) is 71.7 Å². The Morgan fingerprint density at radius 3 is 2.50 bits per heavy atom. The molecule has 12 nitrogen and oxygen atoms in total. The normalized spacial score (nSPS) is 17.4. The second-order valence-corrected chi connectivity index (χ2v) is 10.4. The third kappa shape index (κ3) is 9.58. The maximum Gasteiger partial charge on any atom is 0.243 e. The molecule has 2 aromatic rings. The van der Waals surface area contributed by atoms with E-state index in [4.69, 9.17) is 5.11 Å². The summed E-state index contributed by atoms with van der Waals surface area (Å²) < 4.78 is 14.5. The highest BCUT2D eigenvalue weighted by atomic mass is 19.1. The minimum absolute atomic E-state index is 0.0547. The van der Waals surface area contributed by atoms with Crippen LogP contribution in [0.25, 0.3) is 0 Å². The number of halogens is 1. The van der Waals surface area contributed by atoms with Gasteiger partial charge in [0.1, 0.15) is 0 Å². The Labute approximate surface area is 246 Å². The lowest BCUT2D eigenvalue weighted by atomic mass is 10.1. The minimum Gasteiger partial charge on any atom is -0.395 e. The summed E-state index contributed by atoms with van der Waals surface area (Å²) in [6, 6.07) is 8.25. The van der Waals surface area contributed by atoms with Gasteiger partial charge in [-0.15, -0.1) is 0 Å². The van der Waals surface area contributed by atoms with Crippen LogP contribution < -0.4 is 21.1 Å². The molecule has 0 saturated carbocycles. The van der Waals surface area contributed by atoms with Gasteiger partial charge in [0.15, 0.2) is 11.6 Å². The molecular weight excluding hydrogens is 539 g/mol. The summed E-state index contributed by atoms with van der Waals surface area (Å²) in [5.41, 5.74) is 8.07. The average Bonchev–Trinajstić information content (AvgIpc) is 3.00. The molecule has 0 spiro atoms. The predicted octanol–water partition coefficient (Wildman–Crippen LogP) is 1.52. The Morgan fingerprint density at radius 1 is 1.10 bits per heavy atom. The van der Waals surface area contributed by atoms with Crippen LogP contribution in [0.5, 0.6) is 0 Å². The molecule has 2 fully saturated rings. The van der Waals surface area contributed by atoms with Crippen molar-refractivity contribution in [3.05, 3.63) is 65.9 Å². The van der Waals surface area contributed by atoms with Crippen LogP contribution in [0, 0.1) is 5.82 Å². The van der Waals surface area contributed by atoms with E-state index in [1.807, 2.05) is 17.0 Å². The van der Waals surface area contributed by atoms with Gasteiger partial charge in [0.25, 0.3) is 0 Å². The number of aromatic nitrogens is 2. The summed E-state index contributed by atoms with van der Waals surface area (Å²) in [6.45, 7) is 11.9. The molecule has 42 heavy (non-hydrogen) atoms. The van der Waals surface area contributed by atoms with Gasteiger partial charge in [-0.2, -0.15) is 4.98 Å². The van der Waals surface area contributed by atoms with Crippen LogP contribution in [0.2, 0.25) is 0 Å². The third-order valence-corrected chi connectivity index (χ3v) is 7.24. The number of hydrogen-bond donors (Lipinski definition) is 4. The lowest BCUT2D eigenvalue weighted by Gasteiger charge is -2.35. The molecule has 0 unspecified atom stereocenters. The van der Waals surface area contributed by atoms with Crippen molar-refractivity contribution in [2.45, 2.75) is 13.0 Å². The molecule has 1 amide bonds. The van der Waals surface area contributed by atoms with Crippen molar-refractivity contribution in [1.82, 2.24) is 30.1 Å². The highest BCUT2D eigenvalue weighted by Crippen LogP contribution is 2.19. The number of aliphatic hydroxyl groups excluding tert-OH is 1. The van der Waals surface area contributed by atoms with E-state index in [1.54, 1.807) is 18.4 Å². The Hall–Kier alpha value is -3.91. The number of carbonyl (C=O) groups is 1. The van der Waals surface area contributed by atoms with Crippen molar-refractivity contribution in [1.29, 1.82) is 0 Å². The summed E-state index contributed by atoms with van der Waals surface area (Å²) in [5.74, 6) is -0.597. The van der Waals surface area contributed by atoms with Crippen molar-refractivity contribution >= 4 is 30.1 Å². The fraction of sp³-hybridized carbons (Fsp3) is 0.448. The fourth-order valence-corrected chi connectivity index (χ4v) is 4.76. The van der Waals surface area contributed by atoms with E-state index in [0.29, 0.717) is 38.4 Å². The molecule has 2 aliphatic rings. The maximum atomic E-state index is 14.5. The Morgan fingerprint density at radius 2 is 1.81 bits per heavy atom. The Bertz CT molecular complexity index is 1220. The average molecular weight is 581 g/mol. The quantitative estimate of drug-likeness (QED) is 0.158. The zero-order valence-corrected chi connectivity index (χ0v) is 24.2. The second-order valence-electron chi connectivity index (χ2n) is 10.4. The monoisotopic (exact) mass is 580 g/mol. The lowest BCUT2D eigenvalue weighted by Crippen LogP contribution is -2.47. The Kier molecular flexibility index (Phi) is 11.8. The topological polar surface area (TPSA) is 124 Å². The van der Waals surface area contributed by atoms with Crippen molar-refractivity contribution in [3.8, 4) is 0 Å². The van der Waals surface area contributed by atoms with Gasteiger partial charge in [0.05, 0.1) is 12.8 Å². The van der Waals surface area contributed by atoms with Crippen molar-refractivity contribution in [2.75, 3.05) is 88.2 Å². The number of benzene rings is 1.